The molecule has 0 saturated heterocycles. The topological polar surface area (TPSA) is 11.4 Å². The quantitative estimate of drug-likeness (QED) is 0.141. The minimum absolute atomic E-state index is 0.0854. The lowest BCUT2D eigenvalue weighted by Crippen LogP contribution is -2.15. The number of hydrogen-bond acceptors (Lipinski definition) is 3. The van der Waals surface area contributed by atoms with Crippen LogP contribution in [0.1, 0.15) is 25.0 Å². The molecule has 0 N–H and O–H groups in total. The van der Waals surface area contributed by atoms with Gasteiger partial charge < -0.3 is 14.4 Å². The highest BCUT2D eigenvalue weighted by molar-refractivity contribution is 7.26. The molecule has 1 aliphatic carbocycles. The Balaban J connectivity index is 0.000000136. The van der Waals surface area contributed by atoms with Gasteiger partial charge in [-0.2, -0.15) is 0 Å². The summed E-state index contributed by atoms with van der Waals surface area (Å²) in [7, 11) is 0. The molecule has 474 valence electrons. The predicted octanol–water partition coefficient (Wildman–Crippen LogP) is 27.8. The van der Waals surface area contributed by atoms with Crippen molar-refractivity contribution < 1.29 is 0 Å². The van der Waals surface area contributed by atoms with Crippen LogP contribution in [0.3, 0.4) is 0 Å². The van der Waals surface area contributed by atoms with Gasteiger partial charge in [-0.15, -0.1) is 11.3 Å². The number of thiophene rings is 1. The molecule has 18 aromatic carbocycles. The number of hydrogen-bond donors (Lipinski definition) is 0. The van der Waals surface area contributed by atoms with Crippen molar-refractivity contribution >= 4 is 163 Å². The van der Waals surface area contributed by atoms with Crippen molar-refractivity contribution in [3.63, 3.8) is 0 Å². The standard InChI is InChI=1S/C51H36N2.C46H29NS/c1-51(2)44-25-13-11-23-42(44)48-43-30-28-33-32-36(29-31-37(33)47(43)39-21-9-10-22-40(39)49(48)51)52(34-16-5-3-6-17-34)46-27-15-24-41-38-20-12-14-26-45(38)53(50(41)46)35-18-7-4-8-19-35;1-2-8-30(9-3-1)32-16-20-36(21-17-32)47(37-22-18-31-10-4-5-11-34(31)28-37)38-23-25-39-35(29-38)15-14-33-19-24-43-41(45(33)39)26-27-42-40-12-6-7-13-44(40)48-46(42)43/h3-32H,1-2H3;1-29H. The molecule has 21 rings (SSSR count). The summed E-state index contributed by atoms with van der Waals surface area (Å²) in [6.07, 6.45) is 0. The molecule has 2 aromatic heterocycles. The van der Waals surface area contributed by atoms with Gasteiger partial charge in [0.15, 0.2) is 0 Å². The zero-order chi connectivity index (χ0) is 66.9. The van der Waals surface area contributed by atoms with Crippen LogP contribution in [0.4, 0.5) is 34.1 Å². The van der Waals surface area contributed by atoms with E-state index in [-0.39, 0.29) is 5.41 Å². The normalized spacial score (nSPS) is 12.5. The number of benzene rings is 18. The van der Waals surface area contributed by atoms with Crippen LogP contribution in [0.5, 0.6) is 0 Å². The molecule has 20 aromatic rings. The summed E-state index contributed by atoms with van der Waals surface area (Å²) < 4.78 is 5.13. The number of rotatable bonds is 8. The van der Waals surface area contributed by atoms with Crippen molar-refractivity contribution in [1.82, 2.24) is 4.57 Å². The minimum atomic E-state index is -0.0854. The average Bonchev–Trinajstić information content (AvgIpc) is 1.58. The SMILES string of the molecule is CC1(C)c2ccccc2-c2c1c1ccccc1c1c2ccc2cc(N(c3ccccc3)c3cccc4c5ccccc5n(-c5ccccc5)c34)ccc21.c1ccc(-c2ccc(N(c3ccc4ccccc4c3)c3ccc4c(ccc5ccc6c(ccc7c8ccccc8sc76)c54)c3)cc2)cc1. The molecule has 0 fully saturated rings. The first-order chi connectivity index (χ1) is 49.9. The Labute approximate surface area is 589 Å². The first-order valence-corrected chi connectivity index (χ1v) is 35.8. The van der Waals surface area contributed by atoms with Crippen molar-refractivity contribution in [3.8, 4) is 27.9 Å². The molecule has 0 radical (unpaired) electrons. The fourth-order valence-corrected chi connectivity index (χ4v) is 18.2. The van der Waals surface area contributed by atoms with Gasteiger partial charge in [0.25, 0.3) is 0 Å². The number of anilines is 6. The van der Waals surface area contributed by atoms with Crippen LogP contribution < -0.4 is 9.80 Å². The van der Waals surface area contributed by atoms with Crippen molar-refractivity contribution in [1.29, 1.82) is 0 Å². The Kier molecular flexibility index (Phi) is 13.5. The maximum absolute atomic E-state index is 2.43. The minimum Gasteiger partial charge on any atom is -0.310 e. The Morgan fingerprint density at radius 3 is 1.58 bits per heavy atom. The molecule has 2 heterocycles. The fraction of sp³-hybridized carbons (Fsp3) is 0.0309. The van der Waals surface area contributed by atoms with Gasteiger partial charge in [0.2, 0.25) is 0 Å². The largest absolute Gasteiger partial charge is 0.310 e. The highest BCUT2D eigenvalue weighted by atomic mass is 32.1. The molecular weight excluding hydrogens is 1240 g/mol. The van der Waals surface area contributed by atoms with Gasteiger partial charge in [0.05, 0.1) is 16.7 Å². The van der Waals surface area contributed by atoms with Gasteiger partial charge in [-0.05, 0) is 194 Å². The second-order valence-electron chi connectivity index (χ2n) is 27.4. The number of fused-ring (bicyclic) bond motifs is 23. The van der Waals surface area contributed by atoms with Crippen LogP contribution >= 0.6 is 11.3 Å². The van der Waals surface area contributed by atoms with Crippen LogP contribution in [-0.4, -0.2) is 4.57 Å². The summed E-state index contributed by atoms with van der Waals surface area (Å²) >= 11 is 1.90. The molecule has 0 spiro atoms. The van der Waals surface area contributed by atoms with Gasteiger partial charge in [0.1, 0.15) is 0 Å². The lowest BCUT2D eigenvalue weighted by Gasteiger charge is -2.27. The molecule has 0 saturated carbocycles. The van der Waals surface area contributed by atoms with E-state index in [0.29, 0.717) is 0 Å². The van der Waals surface area contributed by atoms with Gasteiger partial charge in [-0.1, -0.05) is 281 Å². The molecule has 0 amide bonds. The predicted molar refractivity (Wildman–Crippen MR) is 435 cm³/mol. The third-order valence-corrected chi connectivity index (χ3v) is 22.7. The van der Waals surface area contributed by atoms with Crippen molar-refractivity contribution in [2.75, 3.05) is 9.80 Å². The van der Waals surface area contributed by atoms with Gasteiger partial charge >= 0.3 is 0 Å². The fourth-order valence-electron chi connectivity index (χ4n) is 17.0. The Morgan fingerprint density at radius 1 is 0.297 bits per heavy atom. The molecular formula is C97H65N3S. The summed E-state index contributed by atoms with van der Waals surface area (Å²) in [4.78, 5) is 4.82. The zero-order valence-electron chi connectivity index (χ0n) is 55.8. The van der Waals surface area contributed by atoms with E-state index in [1.54, 1.807) is 0 Å². The van der Waals surface area contributed by atoms with E-state index in [2.05, 4.69) is 386 Å². The highest BCUT2D eigenvalue weighted by Crippen LogP contribution is 2.56. The van der Waals surface area contributed by atoms with Crippen LogP contribution in [0.15, 0.2) is 358 Å². The van der Waals surface area contributed by atoms with Gasteiger partial charge in [-0.3, -0.25) is 0 Å². The monoisotopic (exact) mass is 1300 g/mol. The smallest absolute Gasteiger partial charge is 0.0782 e. The Morgan fingerprint density at radius 2 is 0.792 bits per heavy atom. The summed E-state index contributed by atoms with van der Waals surface area (Å²) in [6, 6.07) is 131. The molecule has 3 nitrogen and oxygen atoms in total. The average molecular weight is 1300 g/mol. The van der Waals surface area contributed by atoms with Crippen LogP contribution in [0, 0.1) is 0 Å². The second kappa shape index (κ2) is 23.3. The number of aromatic nitrogens is 1. The van der Waals surface area contributed by atoms with E-state index in [0.717, 1.165) is 39.8 Å². The molecule has 101 heavy (non-hydrogen) atoms. The summed E-state index contributed by atoms with van der Waals surface area (Å²) in [5.41, 5.74) is 18.2. The molecule has 0 aliphatic heterocycles. The van der Waals surface area contributed by atoms with E-state index < -0.39 is 0 Å². The summed E-state index contributed by atoms with van der Waals surface area (Å²) in [6.45, 7) is 4.78. The van der Waals surface area contributed by atoms with Gasteiger partial charge in [-0.25, -0.2) is 0 Å². The first-order valence-electron chi connectivity index (χ1n) is 35.0. The summed E-state index contributed by atoms with van der Waals surface area (Å²) in [5.74, 6) is 0. The lowest BCUT2D eigenvalue weighted by molar-refractivity contribution is 0.666. The first kappa shape index (κ1) is 58.5. The van der Waals surface area contributed by atoms with Crippen LogP contribution in [0.25, 0.3) is 145 Å². The van der Waals surface area contributed by atoms with Gasteiger partial charge in [0, 0.05) is 75.9 Å². The van der Waals surface area contributed by atoms with E-state index in [1.165, 1.54) is 151 Å². The lowest BCUT2D eigenvalue weighted by atomic mass is 9.79. The van der Waals surface area contributed by atoms with E-state index in [4.69, 9.17) is 0 Å². The van der Waals surface area contributed by atoms with E-state index >= 15 is 0 Å². The van der Waals surface area contributed by atoms with Crippen molar-refractivity contribution in [2.45, 2.75) is 19.3 Å². The molecule has 0 unspecified atom stereocenters. The van der Waals surface area contributed by atoms with E-state index in [1.807, 2.05) is 11.3 Å². The Bertz CT molecular complexity index is 6730. The molecule has 0 atom stereocenters. The third kappa shape index (κ3) is 9.33. The van der Waals surface area contributed by atoms with Crippen molar-refractivity contribution in [3.05, 3.63) is 369 Å². The molecule has 1 aliphatic rings. The number of nitrogens with zero attached hydrogens (tertiary/aromatic N) is 3. The van der Waals surface area contributed by atoms with Crippen LogP contribution in [0.2, 0.25) is 0 Å². The zero-order valence-corrected chi connectivity index (χ0v) is 56.6. The Hall–Kier alpha value is -12.6. The maximum atomic E-state index is 2.43. The molecule has 0 bridgehead atoms. The number of para-hydroxylation sites is 4. The third-order valence-electron chi connectivity index (χ3n) is 21.5. The van der Waals surface area contributed by atoms with Crippen LogP contribution in [-0.2, 0) is 5.41 Å². The highest BCUT2D eigenvalue weighted by Gasteiger charge is 2.38. The van der Waals surface area contributed by atoms with Crippen molar-refractivity contribution in [2.24, 2.45) is 0 Å². The maximum Gasteiger partial charge on any atom is 0.0782 e. The van der Waals surface area contributed by atoms with E-state index in [9.17, 15) is 0 Å². The molecule has 4 heteroatoms. The second-order valence-corrected chi connectivity index (χ2v) is 28.5. The summed E-state index contributed by atoms with van der Waals surface area (Å²) in [5, 5.41) is 23.2.